The molecule has 2 aliphatic rings. The van der Waals surface area contributed by atoms with E-state index in [4.69, 9.17) is 0 Å². The van der Waals surface area contributed by atoms with Gasteiger partial charge in [-0.3, -0.25) is 0 Å². The highest BCUT2D eigenvalue weighted by atomic mass is 16.3. The van der Waals surface area contributed by atoms with Crippen LogP contribution in [0.15, 0.2) is 0 Å². The number of rotatable bonds is 2. The summed E-state index contributed by atoms with van der Waals surface area (Å²) in [6.45, 7) is 2.35. The second-order valence-corrected chi connectivity index (χ2v) is 5.49. The van der Waals surface area contributed by atoms with E-state index in [-0.39, 0.29) is 6.10 Å². The van der Waals surface area contributed by atoms with Gasteiger partial charge in [-0.1, -0.05) is 32.6 Å². The van der Waals surface area contributed by atoms with Crippen LogP contribution in [0.1, 0.15) is 58.3 Å². The van der Waals surface area contributed by atoms with Crippen molar-refractivity contribution in [1.82, 2.24) is 5.32 Å². The summed E-state index contributed by atoms with van der Waals surface area (Å²) in [5.41, 5.74) is 0. The molecule has 0 unspecified atom stereocenters. The lowest BCUT2D eigenvalue weighted by Gasteiger charge is -2.37. The van der Waals surface area contributed by atoms with Gasteiger partial charge in [-0.15, -0.1) is 0 Å². The maximum atomic E-state index is 9.92. The summed E-state index contributed by atoms with van der Waals surface area (Å²) in [5, 5.41) is 13.6. The molecule has 2 aliphatic carbocycles. The first-order valence-corrected chi connectivity index (χ1v) is 6.71. The van der Waals surface area contributed by atoms with Gasteiger partial charge in [0.25, 0.3) is 0 Å². The Hall–Kier alpha value is -0.0800. The van der Waals surface area contributed by atoms with Gasteiger partial charge < -0.3 is 10.4 Å². The molecular formula is C13H25NO. The van der Waals surface area contributed by atoms with E-state index >= 15 is 0 Å². The molecule has 2 rings (SSSR count). The number of aliphatic hydroxyl groups excluding tert-OH is 1. The molecule has 0 aromatic heterocycles. The molecule has 88 valence electrons. The van der Waals surface area contributed by atoms with Crippen molar-refractivity contribution in [2.24, 2.45) is 5.92 Å². The van der Waals surface area contributed by atoms with Crippen LogP contribution in [0.4, 0.5) is 0 Å². The molecule has 2 heteroatoms. The SMILES string of the molecule is C[C@@H]1CCCC[C@@H]1N[C@H]1CCCC[C@@H]1O. The molecule has 0 bridgehead atoms. The van der Waals surface area contributed by atoms with E-state index in [0.717, 1.165) is 12.3 Å². The highest BCUT2D eigenvalue weighted by molar-refractivity contribution is 4.87. The zero-order chi connectivity index (χ0) is 10.7. The lowest BCUT2D eigenvalue weighted by Crippen LogP contribution is -2.50. The predicted molar refractivity (Wildman–Crippen MR) is 62.8 cm³/mol. The van der Waals surface area contributed by atoms with E-state index in [9.17, 15) is 5.11 Å². The monoisotopic (exact) mass is 211 g/mol. The van der Waals surface area contributed by atoms with Crippen LogP contribution in [-0.2, 0) is 0 Å². The van der Waals surface area contributed by atoms with E-state index in [1.54, 1.807) is 0 Å². The van der Waals surface area contributed by atoms with E-state index in [0.29, 0.717) is 12.1 Å². The number of hydrogen-bond donors (Lipinski definition) is 2. The molecule has 0 saturated heterocycles. The van der Waals surface area contributed by atoms with E-state index in [1.165, 1.54) is 44.9 Å². The Bertz CT molecular complexity index is 175. The van der Waals surface area contributed by atoms with Crippen LogP contribution in [0.3, 0.4) is 0 Å². The van der Waals surface area contributed by atoms with Crippen LogP contribution < -0.4 is 5.32 Å². The Labute approximate surface area is 93.5 Å². The number of aliphatic hydroxyl groups is 1. The Kier molecular flexibility index (Phi) is 4.04. The minimum absolute atomic E-state index is 0.0899. The van der Waals surface area contributed by atoms with Crippen molar-refractivity contribution in [1.29, 1.82) is 0 Å². The summed E-state index contributed by atoms with van der Waals surface area (Å²) < 4.78 is 0. The molecule has 0 aromatic carbocycles. The zero-order valence-electron chi connectivity index (χ0n) is 9.91. The molecule has 2 N–H and O–H groups in total. The molecule has 4 atom stereocenters. The summed E-state index contributed by atoms with van der Waals surface area (Å²) >= 11 is 0. The molecule has 2 fully saturated rings. The number of nitrogens with one attached hydrogen (secondary N) is 1. The van der Waals surface area contributed by atoms with Gasteiger partial charge in [-0.25, -0.2) is 0 Å². The predicted octanol–water partition coefficient (Wildman–Crippen LogP) is 2.46. The molecule has 15 heavy (non-hydrogen) atoms. The van der Waals surface area contributed by atoms with Gasteiger partial charge in [-0.05, 0) is 31.6 Å². The Morgan fingerprint density at radius 2 is 1.47 bits per heavy atom. The fourth-order valence-corrected chi connectivity index (χ4v) is 3.14. The average molecular weight is 211 g/mol. The Morgan fingerprint density at radius 1 is 0.867 bits per heavy atom. The quantitative estimate of drug-likeness (QED) is 0.735. The molecule has 0 amide bonds. The summed E-state index contributed by atoms with van der Waals surface area (Å²) in [4.78, 5) is 0. The van der Waals surface area contributed by atoms with Gasteiger partial charge in [0.1, 0.15) is 0 Å². The molecule has 0 spiro atoms. The average Bonchev–Trinajstić information content (AvgIpc) is 2.24. The highest BCUT2D eigenvalue weighted by Crippen LogP contribution is 2.26. The lowest BCUT2D eigenvalue weighted by molar-refractivity contribution is 0.0758. The van der Waals surface area contributed by atoms with Crippen molar-refractivity contribution in [2.75, 3.05) is 0 Å². The minimum atomic E-state index is -0.0899. The lowest BCUT2D eigenvalue weighted by atomic mass is 9.84. The van der Waals surface area contributed by atoms with Gasteiger partial charge in [0.05, 0.1) is 6.10 Å². The van der Waals surface area contributed by atoms with Crippen molar-refractivity contribution in [3.05, 3.63) is 0 Å². The van der Waals surface area contributed by atoms with Crippen LogP contribution in [0.25, 0.3) is 0 Å². The third-order valence-electron chi connectivity index (χ3n) is 4.27. The van der Waals surface area contributed by atoms with Gasteiger partial charge >= 0.3 is 0 Å². The summed E-state index contributed by atoms with van der Waals surface area (Å²) in [6.07, 6.45) is 10.0. The zero-order valence-corrected chi connectivity index (χ0v) is 9.91. The Balaban J connectivity index is 1.83. The minimum Gasteiger partial charge on any atom is -0.392 e. The van der Waals surface area contributed by atoms with E-state index < -0.39 is 0 Å². The van der Waals surface area contributed by atoms with Crippen molar-refractivity contribution in [3.63, 3.8) is 0 Å². The highest BCUT2D eigenvalue weighted by Gasteiger charge is 2.28. The first-order chi connectivity index (χ1) is 7.27. The second-order valence-electron chi connectivity index (χ2n) is 5.49. The standard InChI is InChI=1S/C13H25NO/c1-10-6-2-3-7-11(10)14-12-8-4-5-9-13(12)15/h10-15H,2-9H2,1H3/t10-,11+,12+,13+/m1/s1. The third kappa shape index (κ3) is 2.94. The van der Waals surface area contributed by atoms with Crippen LogP contribution in [0, 0.1) is 5.92 Å². The van der Waals surface area contributed by atoms with Gasteiger partial charge in [0, 0.05) is 12.1 Å². The molecular weight excluding hydrogens is 186 g/mol. The molecule has 0 heterocycles. The van der Waals surface area contributed by atoms with Gasteiger partial charge in [-0.2, -0.15) is 0 Å². The number of hydrogen-bond acceptors (Lipinski definition) is 2. The van der Waals surface area contributed by atoms with Crippen molar-refractivity contribution >= 4 is 0 Å². The second kappa shape index (κ2) is 5.31. The summed E-state index contributed by atoms with van der Waals surface area (Å²) in [6, 6.07) is 1.04. The molecule has 0 aliphatic heterocycles. The van der Waals surface area contributed by atoms with Crippen LogP contribution in [0.2, 0.25) is 0 Å². The first-order valence-electron chi connectivity index (χ1n) is 6.71. The Morgan fingerprint density at radius 3 is 2.13 bits per heavy atom. The summed E-state index contributed by atoms with van der Waals surface area (Å²) in [7, 11) is 0. The van der Waals surface area contributed by atoms with E-state index in [1.807, 2.05) is 0 Å². The van der Waals surface area contributed by atoms with Crippen molar-refractivity contribution < 1.29 is 5.11 Å². The van der Waals surface area contributed by atoms with Crippen LogP contribution in [-0.4, -0.2) is 23.3 Å². The van der Waals surface area contributed by atoms with Crippen molar-refractivity contribution in [2.45, 2.75) is 76.5 Å². The molecule has 2 nitrogen and oxygen atoms in total. The fraction of sp³-hybridized carbons (Fsp3) is 1.00. The van der Waals surface area contributed by atoms with E-state index in [2.05, 4.69) is 12.2 Å². The topological polar surface area (TPSA) is 32.3 Å². The first kappa shape index (κ1) is 11.4. The molecule has 0 aromatic rings. The van der Waals surface area contributed by atoms with Crippen molar-refractivity contribution in [3.8, 4) is 0 Å². The largest absolute Gasteiger partial charge is 0.392 e. The van der Waals surface area contributed by atoms with Gasteiger partial charge in [0.15, 0.2) is 0 Å². The normalized spacial score (nSPS) is 42.8. The smallest absolute Gasteiger partial charge is 0.0693 e. The summed E-state index contributed by atoms with van der Waals surface area (Å²) in [5.74, 6) is 0.799. The third-order valence-corrected chi connectivity index (χ3v) is 4.27. The molecule has 0 radical (unpaired) electrons. The van der Waals surface area contributed by atoms with Crippen LogP contribution >= 0.6 is 0 Å². The maximum absolute atomic E-state index is 9.92. The molecule has 2 saturated carbocycles. The fourth-order valence-electron chi connectivity index (χ4n) is 3.14. The van der Waals surface area contributed by atoms with Gasteiger partial charge in [0.2, 0.25) is 0 Å². The maximum Gasteiger partial charge on any atom is 0.0693 e. The van der Waals surface area contributed by atoms with Crippen LogP contribution in [0.5, 0.6) is 0 Å².